The summed E-state index contributed by atoms with van der Waals surface area (Å²) in [6, 6.07) is 6.39. The number of halogens is 3. The molecule has 0 aliphatic heterocycles. The number of aliphatic hydroxyl groups is 1. The molecule has 1 heterocycles. The monoisotopic (exact) mass is 373 g/mol. The minimum Gasteiger partial charge on any atom is -0.388 e. The molecule has 1 atom stereocenters. The second kappa shape index (κ2) is 5.91. The predicted molar refractivity (Wildman–Crippen MR) is 74.7 cm³/mol. The van der Waals surface area contributed by atoms with Crippen molar-refractivity contribution in [2.24, 2.45) is 0 Å². The highest BCUT2D eigenvalue weighted by Crippen LogP contribution is 2.23. The number of hydrogen-bond acceptors (Lipinski definition) is 2. The predicted octanol–water partition coefficient (Wildman–Crippen LogP) is 4.02. The Balaban J connectivity index is 2.18. The van der Waals surface area contributed by atoms with E-state index in [4.69, 9.17) is 0 Å². The summed E-state index contributed by atoms with van der Waals surface area (Å²) >= 11 is 6.53. The fraction of sp³-hybridized carbons (Fsp3) is 0.154. The van der Waals surface area contributed by atoms with Gasteiger partial charge in [0, 0.05) is 33.3 Å². The van der Waals surface area contributed by atoms with Gasteiger partial charge in [0.1, 0.15) is 5.82 Å². The van der Waals surface area contributed by atoms with Gasteiger partial charge in [0.15, 0.2) is 0 Å². The van der Waals surface area contributed by atoms with Crippen LogP contribution in [0, 0.1) is 5.82 Å². The summed E-state index contributed by atoms with van der Waals surface area (Å²) < 4.78 is 14.7. The molecule has 0 spiro atoms. The van der Waals surface area contributed by atoms with Gasteiger partial charge in [-0.25, -0.2) is 4.39 Å². The standard InChI is InChI=1S/C13H10Br2FNO/c14-10-1-8(2-12(16)5-10)3-13(18)9-4-11(15)7-17-6-9/h1-2,4-7,13,18H,3H2. The van der Waals surface area contributed by atoms with E-state index in [0.717, 1.165) is 10.0 Å². The van der Waals surface area contributed by atoms with E-state index in [1.807, 2.05) is 0 Å². The van der Waals surface area contributed by atoms with E-state index in [1.165, 1.54) is 12.1 Å². The maximum Gasteiger partial charge on any atom is 0.124 e. The maximum absolute atomic E-state index is 13.2. The average molecular weight is 375 g/mol. The van der Waals surface area contributed by atoms with Crippen LogP contribution in [0.2, 0.25) is 0 Å². The molecule has 1 aromatic carbocycles. The molecule has 1 aromatic heterocycles. The van der Waals surface area contributed by atoms with Gasteiger partial charge >= 0.3 is 0 Å². The quantitative estimate of drug-likeness (QED) is 0.880. The first-order chi connectivity index (χ1) is 8.54. The van der Waals surface area contributed by atoms with Crippen LogP contribution in [-0.4, -0.2) is 10.1 Å². The topological polar surface area (TPSA) is 33.1 Å². The number of rotatable bonds is 3. The lowest BCUT2D eigenvalue weighted by atomic mass is 10.0. The molecule has 5 heteroatoms. The number of benzene rings is 1. The fourth-order valence-electron chi connectivity index (χ4n) is 1.68. The van der Waals surface area contributed by atoms with Crippen LogP contribution in [0.4, 0.5) is 4.39 Å². The van der Waals surface area contributed by atoms with Crippen molar-refractivity contribution in [2.45, 2.75) is 12.5 Å². The molecule has 0 radical (unpaired) electrons. The molecule has 0 amide bonds. The van der Waals surface area contributed by atoms with Gasteiger partial charge in [-0.05, 0) is 45.8 Å². The first-order valence-electron chi connectivity index (χ1n) is 5.28. The summed E-state index contributed by atoms with van der Waals surface area (Å²) in [7, 11) is 0. The van der Waals surface area contributed by atoms with Gasteiger partial charge in [0.25, 0.3) is 0 Å². The van der Waals surface area contributed by atoms with Crippen molar-refractivity contribution < 1.29 is 9.50 Å². The third-order valence-electron chi connectivity index (χ3n) is 2.46. The van der Waals surface area contributed by atoms with E-state index in [0.29, 0.717) is 16.5 Å². The smallest absolute Gasteiger partial charge is 0.124 e. The Morgan fingerprint density at radius 2 is 1.89 bits per heavy atom. The normalized spacial score (nSPS) is 12.4. The van der Waals surface area contributed by atoms with E-state index in [1.54, 1.807) is 24.5 Å². The van der Waals surface area contributed by atoms with Gasteiger partial charge in [-0.3, -0.25) is 4.98 Å². The van der Waals surface area contributed by atoms with E-state index in [9.17, 15) is 9.50 Å². The highest BCUT2D eigenvalue weighted by Gasteiger charge is 2.10. The van der Waals surface area contributed by atoms with E-state index >= 15 is 0 Å². The lowest BCUT2D eigenvalue weighted by Crippen LogP contribution is -2.02. The van der Waals surface area contributed by atoms with Crippen LogP contribution >= 0.6 is 31.9 Å². The fourth-order valence-corrected chi connectivity index (χ4v) is 2.58. The third kappa shape index (κ3) is 3.60. The molecule has 2 nitrogen and oxygen atoms in total. The average Bonchev–Trinajstić information content (AvgIpc) is 2.27. The van der Waals surface area contributed by atoms with Crippen LogP contribution in [0.3, 0.4) is 0 Å². The summed E-state index contributed by atoms with van der Waals surface area (Å²) in [6.45, 7) is 0. The maximum atomic E-state index is 13.2. The first-order valence-corrected chi connectivity index (χ1v) is 6.86. The zero-order chi connectivity index (χ0) is 13.1. The van der Waals surface area contributed by atoms with Crippen molar-refractivity contribution in [2.75, 3.05) is 0 Å². The highest BCUT2D eigenvalue weighted by atomic mass is 79.9. The molecule has 1 unspecified atom stereocenters. The summed E-state index contributed by atoms with van der Waals surface area (Å²) in [4.78, 5) is 3.99. The first kappa shape index (κ1) is 13.6. The van der Waals surface area contributed by atoms with Crippen molar-refractivity contribution in [3.8, 4) is 0 Å². The second-order valence-electron chi connectivity index (χ2n) is 3.93. The van der Waals surface area contributed by atoms with Crippen molar-refractivity contribution in [1.82, 2.24) is 4.98 Å². The lowest BCUT2D eigenvalue weighted by Gasteiger charge is -2.11. The molecule has 2 aromatic rings. The number of pyridine rings is 1. The Morgan fingerprint density at radius 3 is 2.56 bits per heavy atom. The van der Waals surface area contributed by atoms with Crippen LogP contribution in [0.15, 0.2) is 45.6 Å². The van der Waals surface area contributed by atoms with Gasteiger partial charge in [0.05, 0.1) is 6.10 Å². The molecule has 1 N–H and O–H groups in total. The van der Waals surface area contributed by atoms with E-state index < -0.39 is 6.10 Å². The molecule has 0 bridgehead atoms. The van der Waals surface area contributed by atoms with Crippen LogP contribution in [0.5, 0.6) is 0 Å². The Labute approximate surface area is 121 Å². The van der Waals surface area contributed by atoms with Crippen LogP contribution in [0.1, 0.15) is 17.2 Å². The van der Waals surface area contributed by atoms with Crippen molar-refractivity contribution in [3.05, 3.63) is 62.5 Å². The Morgan fingerprint density at radius 1 is 1.11 bits per heavy atom. The summed E-state index contributed by atoms with van der Waals surface area (Å²) in [5.41, 5.74) is 1.43. The number of hydrogen-bond donors (Lipinski definition) is 1. The molecule has 0 fully saturated rings. The van der Waals surface area contributed by atoms with Crippen molar-refractivity contribution in [1.29, 1.82) is 0 Å². The summed E-state index contributed by atoms with van der Waals surface area (Å²) in [5.74, 6) is -0.320. The van der Waals surface area contributed by atoms with Crippen molar-refractivity contribution >= 4 is 31.9 Å². The number of aromatic nitrogens is 1. The van der Waals surface area contributed by atoms with Crippen LogP contribution < -0.4 is 0 Å². The zero-order valence-electron chi connectivity index (χ0n) is 9.28. The molecular weight excluding hydrogens is 365 g/mol. The zero-order valence-corrected chi connectivity index (χ0v) is 12.4. The molecule has 0 saturated heterocycles. The molecule has 18 heavy (non-hydrogen) atoms. The lowest BCUT2D eigenvalue weighted by molar-refractivity contribution is 0.178. The second-order valence-corrected chi connectivity index (χ2v) is 5.77. The Bertz CT molecular complexity index is 542. The van der Waals surface area contributed by atoms with E-state index in [-0.39, 0.29) is 5.82 Å². The molecule has 2 rings (SSSR count). The van der Waals surface area contributed by atoms with Gasteiger partial charge in [-0.1, -0.05) is 15.9 Å². The van der Waals surface area contributed by atoms with E-state index in [2.05, 4.69) is 36.8 Å². The summed E-state index contributed by atoms with van der Waals surface area (Å²) in [5, 5.41) is 10.1. The number of aliphatic hydroxyl groups excluding tert-OH is 1. The van der Waals surface area contributed by atoms with Crippen LogP contribution in [-0.2, 0) is 6.42 Å². The van der Waals surface area contributed by atoms with Gasteiger partial charge < -0.3 is 5.11 Å². The molecule has 0 aliphatic carbocycles. The summed E-state index contributed by atoms with van der Waals surface area (Å²) in [6.07, 6.45) is 2.89. The molecular formula is C13H10Br2FNO. The minimum absolute atomic E-state index is 0.320. The Hall–Kier alpha value is -0.780. The SMILES string of the molecule is OC(Cc1cc(F)cc(Br)c1)c1cncc(Br)c1. The Kier molecular flexibility index (Phi) is 4.48. The molecule has 94 valence electrons. The molecule has 0 saturated carbocycles. The van der Waals surface area contributed by atoms with Crippen LogP contribution in [0.25, 0.3) is 0 Å². The third-order valence-corrected chi connectivity index (χ3v) is 3.35. The van der Waals surface area contributed by atoms with Gasteiger partial charge in [-0.15, -0.1) is 0 Å². The largest absolute Gasteiger partial charge is 0.388 e. The van der Waals surface area contributed by atoms with Gasteiger partial charge in [0.2, 0.25) is 0 Å². The number of nitrogens with zero attached hydrogens (tertiary/aromatic N) is 1. The highest BCUT2D eigenvalue weighted by molar-refractivity contribution is 9.10. The van der Waals surface area contributed by atoms with Crippen molar-refractivity contribution in [3.63, 3.8) is 0 Å². The van der Waals surface area contributed by atoms with Gasteiger partial charge in [-0.2, -0.15) is 0 Å². The minimum atomic E-state index is -0.705. The molecule has 0 aliphatic rings.